The number of benzene rings is 1. The molecule has 0 bridgehead atoms. The first-order chi connectivity index (χ1) is 10.6. The third-order valence-electron chi connectivity index (χ3n) is 4.20. The van der Waals surface area contributed by atoms with Crippen molar-refractivity contribution >= 4 is 11.8 Å². The van der Waals surface area contributed by atoms with Crippen molar-refractivity contribution in [2.75, 3.05) is 7.11 Å². The third-order valence-corrected chi connectivity index (χ3v) is 4.20. The third kappa shape index (κ3) is 4.76. The predicted molar refractivity (Wildman–Crippen MR) is 84.4 cm³/mol. The predicted octanol–water partition coefficient (Wildman–Crippen LogP) is 1.79. The van der Waals surface area contributed by atoms with Gasteiger partial charge in [0, 0.05) is 12.8 Å². The first-order valence-corrected chi connectivity index (χ1v) is 7.80. The van der Waals surface area contributed by atoms with Crippen LogP contribution in [0.25, 0.3) is 0 Å². The fourth-order valence-electron chi connectivity index (χ4n) is 2.99. The van der Waals surface area contributed by atoms with Crippen molar-refractivity contribution in [3.8, 4) is 5.75 Å². The molecule has 120 valence electrons. The largest absolute Gasteiger partial charge is 0.497 e. The number of methoxy groups -OCH3 is 1. The average molecular weight is 304 g/mol. The number of hydrogen-bond acceptors (Lipinski definition) is 3. The van der Waals surface area contributed by atoms with E-state index >= 15 is 0 Å². The number of rotatable bonds is 7. The lowest BCUT2D eigenvalue weighted by molar-refractivity contribution is -0.127. The molecule has 1 aliphatic rings. The van der Waals surface area contributed by atoms with Crippen LogP contribution in [0.5, 0.6) is 5.75 Å². The molecule has 1 saturated carbocycles. The highest BCUT2D eigenvalue weighted by molar-refractivity contribution is 5.86. The molecule has 1 atom stereocenters. The highest BCUT2D eigenvalue weighted by Crippen LogP contribution is 2.27. The summed E-state index contributed by atoms with van der Waals surface area (Å²) in [6.07, 6.45) is 5.46. The normalized spacial score (nSPS) is 16.2. The lowest BCUT2D eigenvalue weighted by Crippen LogP contribution is -2.46. The second-order valence-corrected chi connectivity index (χ2v) is 5.93. The fraction of sp³-hybridized carbons (Fsp3) is 0.529. The topological polar surface area (TPSA) is 81.4 Å². The molecule has 1 aromatic carbocycles. The maximum absolute atomic E-state index is 12.1. The molecule has 0 spiro atoms. The minimum absolute atomic E-state index is 0.0846. The zero-order valence-electron chi connectivity index (χ0n) is 13.0. The van der Waals surface area contributed by atoms with Crippen molar-refractivity contribution < 1.29 is 14.3 Å². The van der Waals surface area contributed by atoms with Gasteiger partial charge in [-0.05, 0) is 36.5 Å². The summed E-state index contributed by atoms with van der Waals surface area (Å²) >= 11 is 0. The van der Waals surface area contributed by atoms with E-state index in [9.17, 15) is 9.59 Å². The molecule has 0 radical (unpaired) electrons. The number of amides is 2. The molecule has 1 fully saturated rings. The van der Waals surface area contributed by atoms with Gasteiger partial charge in [0.15, 0.2) is 0 Å². The molecule has 1 aromatic rings. The van der Waals surface area contributed by atoms with Crippen molar-refractivity contribution in [3.63, 3.8) is 0 Å². The molecule has 5 heteroatoms. The van der Waals surface area contributed by atoms with Gasteiger partial charge in [-0.2, -0.15) is 0 Å². The molecule has 5 nitrogen and oxygen atoms in total. The van der Waals surface area contributed by atoms with Gasteiger partial charge in [0.1, 0.15) is 11.8 Å². The monoisotopic (exact) mass is 304 g/mol. The van der Waals surface area contributed by atoms with Crippen molar-refractivity contribution in [2.45, 2.75) is 44.6 Å². The Morgan fingerprint density at radius 1 is 1.36 bits per heavy atom. The summed E-state index contributed by atoms with van der Waals surface area (Å²) in [6.45, 7) is 0. The van der Waals surface area contributed by atoms with Crippen LogP contribution in [0.2, 0.25) is 0 Å². The molecule has 0 heterocycles. The Kier molecular flexibility index (Phi) is 5.81. The van der Waals surface area contributed by atoms with Gasteiger partial charge in [-0.3, -0.25) is 9.59 Å². The van der Waals surface area contributed by atoms with E-state index in [1.165, 1.54) is 12.8 Å². The van der Waals surface area contributed by atoms with E-state index < -0.39 is 11.9 Å². The van der Waals surface area contributed by atoms with Gasteiger partial charge in [-0.25, -0.2) is 0 Å². The van der Waals surface area contributed by atoms with Crippen LogP contribution in [0.4, 0.5) is 0 Å². The smallest absolute Gasteiger partial charge is 0.240 e. The van der Waals surface area contributed by atoms with E-state index in [1.807, 2.05) is 24.3 Å². The van der Waals surface area contributed by atoms with Crippen molar-refractivity contribution in [3.05, 3.63) is 29.8 Å². The molecule has 2 rings (SSSR count). The SMILES string of the molecule is COc1cccc(C[C@@H](NC(=O)CC2CCCC2)C(N)=O)c1. The van der Waals surface area contributed by atoms with Crippen LogP contribution in [-0.2, 0) is 16.0 Å². The van der Waals surface area contributed by atoms with Crippen molar-refractivity contribution in [1.82, 2.24) is 5.32 Å². The summed E-state index contributed by atoms with van der Waals surface area (Å²) < 4.78 is 5.16. The summed E-state index contributed by atoms with van der Waals surface area (Å²) in [5.74, 6) is 0.574. The van der Waals surface area contributed by atoms with Crippen LogP contribution in [-0.4, -0.2) is 25.0 Å². The number of nitrogens with one attached hydrogen (secondary N) is 1. The Morgan fingerprint density at radius 2 is 2.09 bits per heavy atom. The maximum atomic E-state index is 12.1. The highest BCUT2D eigenvalue weighted by Gasteiger charge is 2.22. The van der Waals surface area contributed by atoms with Crippen LogP contribution in [0.3, 0.4) is 0 Å². The van der Waals surface area contributed by atoms with Gasteiger partial charge in [0.2, 0.25) is 11.8 Å². The number of nitrogens with two attached hydrogens (primary N) is 1. The van der Waals surface area contributed by atoms with Crippen molar-refractivity contribution in [2.24, 2.45) is 11.7 Å². The number of primary amides is 1. The van der Waals surface area contributed by atoms with Crippen LogP contribution in [0, 0.1) is 5.92 Å². The van der Waals surface area contributed by atoms with Gasteiger partial charge < -0.3 is 15.8 Å². The molecule has 22 heavy (non-hydrogen) atoms. The van der Waals surface area contributed by atoms with E-state index in [0.717, 1.165) is 24.2 Å². The number of carbonyl (C=O) groups excluding carboxylic acids is 2. The lowest BCUT2D eigenvalue weighted by atomic mass is 10.0. The van der Waals surface area contributed by atoms with Crippen LogP contribution in [0.15, 0.2) is 24.3 Å². The molecule has 0 unspecified atom stereocenters. The number of hydrogen-bond donors (Lipinski definition) is 2. The van der Waals surface area contributed by atoms with Crippen LogP contribution >= 0.6 is 0 Å². The Hall–Kier alpha value is -2.04. The summed E-state index contributed by atoms with van der Waals surface area (Å²) in [6, 6.07) is 6.75. The van der Waals surface area contributed by atoms with Crippen LogP contribution < -0.4 is 15.8 Å². The highest BCUT2D eigenvalue weighted by atomic mass is 16.5. The second-order valence-electron chi connectivity index (χ2n) is 5.93. The first kappa shape index (κ1) is 16.3. The summed E-state index contributed by atoms with van der Waals surface area (Å²) in [4.78, 5) is 23.7. The van der Waals surface area contributed by atoms with Gasteiger partial charge >= 0.3 is 0 Å². The van der Waals surface area contributed by atoms with Crippen LogP contribution in [0.1, 0.15) is 37.7 Å². The van der Waals surface area contributed by atoms with E-state index in [2.05, 4.69) is 5.32 Å². The summed E-state index contributed by atoms with van der Waals surface area (Å²) in [5, 5.41) is 2.78. The van der Waals surface area contributed by atoms with Gasteiger partial charge in [-0.15, -0.1) is 0 Å². The second kappa shape index (κ2) is 7.82. The van der Waals surface area contributed by atoms with E-state index in [1.54, 1.807) is 7.11 Å². The summed E-state index contributed by atoms with van der Waals surface area (Å²) in [7, 11) is 1.59. The van der Waals surface area contributed by atoms with Crippen molar-refractivity contribution in [1.29, 1.82) is 0 Å². The zero-order chi connectivity index (χ0) is 15.9. The number of carbonyl (C=O) groups is 2. The first-order valence-electron chi connectivity index (χ1n) is 7.80. The summed E-state index contributed by atoms with van der Waals surface area (Å²) in [5.41, 5.74) is 6.33. The van der Waals surface area contributed by atoms with E-state index in [0.29, 0.717) is 18.8 Å². The Morgan fingerprint density at radius 3 is 2.73 bits per heavy atom. The van der Waals surface area contributed by atoms with Gasteiger partial charge in [0.05, 0.1) is 7.11 Å². The number of ether oxygens (including phenoxy) is 1. The minimum Gasteiger partial charge on any atom is -0.497 e. The average Bonchev–Trinajstić information content (AvgIpc) is 2.99. The fourth-order valence-corrected chi connectivity index (χ4v) is 2.99. The standard InChI is InChI=1S/C17H24N2O3/c1-22-14-8-4-7-13(9-14)10-15(17(18)21)19-16(20)11-12-5-2-3-6-12/h4,7-9,12,15H,2-3,5-6,10-11H2,1H3,(H2,18,21)(H,19,20)/t15-/m1/s1. The molecular formula is C17H24N2O3. The lowest BCUT2D eigenvalue weighted by Gasteiger charge is -2.17. The Labute approximate surface area is 131 Å². The van der Waals surface area contributed by atoms with E-state index in [-0.39, 0.29) is 5.91 Å². The molecule has 0 aromatic heterocycles. The quantitative estimate of drug-likeness (QED) is 0.805. The molecule has 0 saturated heterocycles. The molecule has 2 amide bonds. The zero-order valence-corrected chi connectivity index (χ0v) is 13.0. The van der Waals surface area contributed by atoms with Gasteiger partial charge in [-0.1, -0.05) is 25.0 Å². The molecular weight excluding hydrogens is 280 g/mol. The minimum atomic E-state index is -0.680. The molecule has 1 aliphatic carbocycles. The molecule has 3 N–H and O–H groups in total. The molecule has 0 aliphatic heterocycles. The Bertz CT molecular complexity index is 524. The Balaban J connectivity index is 1.93. The van der Waals surface area contributed by atoms with E-state index in [4.69, 9.17) is 10.5 Å². The maximum Gasteiger partial charge on any atom is 0.240 e. The van der Waals surface area contributed by atoms with Gasteiger partial charge in [0.25, 0.3) is 0 Å².